The predicted octanol–water partition coefficient (Wildman–Crippen LogP) is 2.64. The Morgan fingerprint density at radius 2 is 2.06 bits per heavy atom. The molecule has 0 spiro atoms. The summed E-state index contributed by atoms with van der Waals surface area (Å²) in [5.74, 6) is -0.240. The molecule has 2 atom stereocenters. The number of ether oxygens (including phenoxy) is 2. The topological polar surface area (TPSA) is 35.5 Å². The summed E-state index contributed by atoms with van der Waals surface area (Å²) in [6.45, 7) is 10.5. The molecule has 2 unspecified atom stereocenters. The van der Waals surface area contributed by atoms with Crippen LogP contribution in [0.15, 0.2) is 12.2 Å². The van der Waals surface area contributed by atoms with E-state index in [0.717, 1.165) is 32.3 Å². The number of hydrogen-bond donors (Lipinski definition) is 0. The van der Waals surface area contributed by atoms with E-state index in [2.05, 4.69) is 20.4 Å². The molecule has 0 aliphatic carbocycles. The smallest absolute Gasteiger partial charge is 0.333 e. The van der Waals surface area contributed by atoms with Gasteiger partial charge in [0.25, 0.3) is 0 Å². The highest BCUT2D eigenvalue weighted by atomic mass is 28.2. The third-order valence-electron chi connectivity index (χ3n) is 3.08. The van der Waals surface area contributed by atoms with Crippen molar-refractivity contribution in [2.24, 2.45) is 0 Å². The normalized spacial score (nSPS) is 14.7. The molecule has 0 rings (SSSR count). The minimum absolute atomic E-state index is 0.134. The Morgan fingerprint density at radius 1 is 1.39 bits per heavy atom. The molecule has 3 nitrogen and oxygen atoms in total. The summed E-state index contributed by atoms with van der Waals surface area (Å²) in [5.41, 5.74) is 1.22. The zero-order valence-electron chi connectivity index (χ0n) is 12.3. The van der Waals surface area contributed by atoms with Crippen molar-refractivity contribution in [2.45, 2.75) is 57.7 Å². The Morgan fingerprint density at radius 3 is 2.50 bits per heavy atom. The Bertz CT molecular complexity index is 253. The fourth-order valence-corrected chi connectivity index (χ4v) is 4.09. The second-order valence-corrected chi connectivity index (χ2v) is 7.45. The SMILES string of the molecule is C=C(C)C(=O)OC(CCCC)[SiH2]C(CC)COC. The summed E-state index contributed by atoms with van der Waals surface area (Å²) < 4.78 is 10.8. The maximum Gasteiger partial charge on any atom is 0.333 e. The van der Waals surface area contributed by atoms with Crippen molar-refractivity contribution in [3.63, 3.8) is 0 Å². The second-order valence-electron chi connectivity index (χ2n) is 4.92. The molecule has 0 aromatic rings. The monoisotopic (exact) mass is 272 g/mol. The molecular weight excluding hydrogens is 244 g/mol. The van der Waals surface area contributed by atoms with Crippen LogP contribution in [0.1, 0.15) is 46.5 Å². The molecule has 0 N–H and O–H groups in total. The molecular formula is C14H28O3Si. The molecule has 0 aromatic carbocycles. The van der Waals surface area contributed by atoms with Crippen molar-refractivity contribution in [2.75, 3.05) is 13.7 Å². The summed E-state index contributed by atoms with van der Waals surface area (Å²) in [6.07, 6.45) is 4.34. The summed E-state index contributed by atoms with van der Waals surface area (Å²) in [7, 11) is 1.26. The van der Waals surface area contributed by atoms with E-state index in [1.54, 1.807) is 14.0 Å². The van der Waals surface area contributed by atoms with Crippen molar-refractivity contribution in [3.8, 4) is 0 Å². The van der Waals surface area contributed by atoms with E-state index in [-0.39, 0.29) is 11.7 Å². The van der Waals surface area contributed by atoms with Crippen LogP contribution in [-0.2, 0) is 14.3 Å². The van der Waals surface area contributed by atoms with E-state index >= 15 is 0 Å². The Kier molecular flexibility index (Phi) is 9.97. The van der Waals surface area contributed by atoms with Gasteiger partial charge in [0.2, 0.25) is 0 Å². The van der Waals surface area contributed by atoms with Crippen LogP contribution in [0.25, 0.3) is 0 Å². The summed E-state index contributed by atoms with van der Waals surface area (Å²) in [5, 5.41) is 0. The van der Waals surface area contributed by atoms with Gasteiger partial charge in [-0.1, -0.05) is 39.7 Å². The molecule has 0 aliphatic rings. The van der Waals surface area contributed by atoms with Crippen LogP contribution in [0.5, 0.6) is 0 Å². The van der Waals surface area contributed by atoms with E-state index in [1.165, 1.54) is 0 Å². The molecule has 0 aromatic heterocycles. The van der Waals surface area contributed by atoms with Gasteiger partial charge < -0.3 is 9.47 Å². The summed E-state index contributed by atoms with van der Waals surface area (Å²) in [6, 6.07) is 0. The van der Waals surface area contributed by atoms with Gasteiger partial charge in [-0.2, -0.15) is 0 Å². The van der Waals surface area contributed by atoms with Crippen molar-refractivity contribution >= 4 is 15.5 Å². The first-order valence-corrected chi connectivity index (χ1v) is 8.53. The minimum Gasteiger partial charge on any atom is -0.464 e. The summed E-state index contributed by atoms with van der Waals surface area (Å²) >= 11 is 0. The number of rotatable bonds is 10. The molecule has 0 fully saturated rings. The highest BCUT2D eigenvalue weighted by Crippen LogP contribution is 2.16. The van der Waals surface area contributed by atoms with Crippen LogP contribution in [0.2, 0.25) is 5.54 Å². The number of carbonyl (C=O) groups excluding carboxylic acids is 1. The highest BCUT2D eigenvalue weighted by Gasteiger charge is 2.19. The number of esters is 1. The zero-order valence-corrected chi connectivity index (χ0v) is 13.7. The van der Waals surface area contributed by atoms with E-state index in [1.807, 2.05) is 0 Å². The fraction of sp³-hybridized carbons (Fsp3) is 0.786. The number of methoxy groups -OCH3 is 1. The second kappa shape index (κ2) is 10.3. The Balaban J connectivity index is 4.36. The first kappa shape index (κ1) is 17.4. The first-order valence-electron chi connectivity index (χ1n) is 6.90. The third-order valence-corrected chi connectivity index (χ3v) is 5.66. The minimum atomic E-state index is -0.476. The average molecular weight is 272 g/mol. The lowest BCUT2D eigenvalue weighted by atomic mass is 10.2. The zero-order chi connectivity index (χ0) is 14.0. The molecule has 0 radical (unpaired) electrons. The molecule has 0 amide bonds. The van der Waals surface area contributed by atoms with Crippen LogP contribution in [0, 0.1) is 0 Å². The number of carbonyl (C=O) groups is 1. The van der Waals surface area contributed by atoms with Crippen LogP contribution in [0.3, 0.4) is 0 Å². The number of unbranched alkanes of at least 4 members (excludes halogenated alkanes) is 1. The first-order chi connectivity index (χ1) is 8.54. The average Bonchev–Trinajstić information content (AvgIpc) is 2.34. The van der Waals surface area contributed by atoms with Crippen LogP contribution in [-0.4, -0.2) is 34.9 Å². The lowest BCUT2D eigenvalue weighted by Crippen LogP contribution is -2.29. The van der Waals surface area contributed by atoms with E-state index in [0.29, 0.717) is 11.1 Å². The number of hydrogen-bond acceptors (Lipinski definition) is 3. The van der Waals surface area contributed by atoms with Gasteiger partial charge in [-0.05, 0) is 18.9 Å². The molecule has 4 heteroatoms. The van der Waals surface area contributed by atoms with Gasteiger partial charge in [-0.25, -0.2) is 4.79 Å². The fourth-order valence-electron chi connectivity index (χ4n) is 1.87. The predicted molar refractivity (Wildman–Crippen MR) is 78.7 cm³/mol. The van der Waals surface area contributed by atoms with E-state index in [4.69, 9.17) is 9.47 Å². The highest BCUT2D eigenvalue weighted by molar-refractivity contribution is 6.39. The van der Waals surface area contributed by atoms with Crippen molar-refractivity contribution < 1.29 is 14.3 Å². The van der Waals surface area contributed by atoms with Crippen LogP contribution < -0.4 is 0 Å². The van der Waals surface area contributed by atoms with Gasteiger partial charge in [0, 0.05) is 19.3 Å². The molecule has 0 saturated heterocycles. The molecule has 0 bridgehead atoms. The largest absolute Gasteiger partial charge is 0.464 e. The lowest BCUT2D eigenvalue weighted by molar-refractivity contribution is -0.141. The third kappa shape index (κ3) is 7.66. The molecule has 18 heavy (non-hydrogen) atoms. The van der Waals surface area contributed by atoms with Crippen LogP contribution in [0.4, 0.5) is 0 Å². The van der Waals surface area contributed by atoms with Crippen LogP contribution >= 0.6 is 0 Å². The molecule has 0 saturated carbocycles. The lowest BCUT2D eigenvalue weighted by Gasteiger charge is -2.22. The molecule has 0 aliphatic heterocycles. The van der Waals surface area contributed by atoms with Gasteiger partial charge in [-0.15, -0.1) is 0 Å². The molecule has 106 valence electrons. The Hall–Kier alpha value is -0.613. The standard InChI is InChI=1S/C14H28O3Si/c1-6-8-9-13(17-14(15)11(3)4)18-12(7-2)10-16-5/h12-13H,3,6-10,18H2,1-2,4-5H3. The van der Waals surface area contributed by atoms with Gasteiger partial charge in [-0.3, -0.25) is 0 Å². The molecule has 0 heterocycles. The maximum absolute atomic E-state index is 11.6. The van der Waals surface area contributed by atoms with Gasteiger partial charge in [0.05, 0.1) is 15.2 Å². The summed E-state index contributed by atoms with van der Waals surface area (Å²) in [4.78, 5) is 11.6. The van der Waals surface area contributed by atoms with Gasteiger partial charge in [0.1, 0.15) is 0 Å². The quantitative estimate of drug-likeness (QED) is 0.348. The van der Waals surface area contributed by atoms with Gasteiger partial charge >= 0.3 is 5.97 Å². The van der Waals surface area contributed by atoms with E-state index < -0.39 is 9.52 Å². The maximum atomic E-state index is 11.6. The van der Waals surface area contributed by atoms with E-state index in [9.17, 15) is 4.79 Å². The van der Waals surface area contributed by atoms with Crippen molar-refractivity contribution in [3.05, 3.63) is 12.2 Å². The Labute approximate surface area is 114 Å². The van der Waals surface area contributed by atoms with Gasteiger partial charge in [0.15, 0.2) is 0 Å². The van der Waals surface area contributed by atoms with Crippen molar-refractivity contribution in [1.82, 2.24) is 0 Å². The van der Waals surface area contributed by atoms with Crippen molar-refractivity contribution in [1.29, 1.82) is 0 Å².